The van der Waals surface area contributed by atoms with Gasteiger partial charge in [-0.2, -0.15) is 12.6 Å². The minimum Gasteiger partial charge on any atom is -0.379 e. The Labute approximate surface area is 140 Å². The quantitative estimate of drug-likeness (QED) is 0.244. The van der Waals surface area contributed by atoms with Crippen LogP contribution in [-0.4, -0.2) is 43.8 Å². The van der Waals surface area contributed by atoms with Gasteiger partial charge in [-0.05, 0) is 18.6 Å². The molecule has 0 aromatic heterocycles. The fraction of sp³-hybridized carbons (Fsp3) is 0.938. The third-order valence-corrected chi connectivity index (χ3v) is 3.85. The summed E-state index contributed by atoms with van der Waals surface area (Å²) in [6.45, 7) is 1.91. The van der Waals surface area contributed by atoms with Gasteiger partial charge in [0.05, 0.1) is 19.1 Å². The molecule has 0 bridgehead atoms. The molecule has 0 rings (SSSR count). The molecule has 0 fully saturated rings. The van der Waals surface area contributed by atoms with Crippen molar-refractivity contribution in [3.63, 3.8) is 0 Å². The molecule has 0 unspecified atom stereocenters. The van der Waals surface area contributed by atoms with Gasteiger partial charge in [-0.3, -0.25) is 4.79 Å². The van der Waals surface area contributed by atoms with E-state index in [0.29, 0.717) is 13.2 Å². The van der Waals surface area contributed by atoms with Crippen LogP contribution in [0.15, 0.2) is 0 Å². The normalized spacial score (nSPS) is 11.0. The smallest absolute Gasteiger partial charge is 0.173 e. The average Bonchev–Trinajstić information content (AvgIpc) is 2.50. The number of halogens is 1. The van der Waals surface area contributed by atoms with E-state index in [2.05, 4.69) is 12.6 Å². The van der Waals surface area contributed by atoms with E-state index >= 15 is 0 Å². The topological polar surface area (TPSA) is 35.5 Å². The summed E-state index contributed by atoms with van der Waals surface area (Å²) in [5.74, 6) is 0.965. The summed E-state index contributed by atoms with van der Waals surface area (Å²) in [7, 11) is 0. The van der Waals surface area contributed by atoms with Crippen LogP contribution in [0.4, 0.5) is 0 Å². The van der Waals surface area contributed by atoms with Gasteiger partial charge in [-0.15, -0.1) is 11.6 Å². The SMILES string of the molecule is O=C(CCl)COCCOCCCCCCCCCCCS. The molecular weight excluding hydrogens is 308 g/mol. The van der Waals surface area contributed by atoms with E-state index in [4.69, 9.17) is 21.1 Å². The highest BCUT2D eigenvalue weighted by Gasteiger charge is 1.98. The molecule has 0 aromatic rings. The summed E-state index contributed by atoms with van der Waals surface area (Å²) in [6, 6.07) is 0. The summed E-state index contributed by atoms with van der Waals surface area (Å²) >= 11 is 9.56. The lowest BCUT2D eigenvalue weighted by Crippen LogP contribution is -2.13. The summed E-state index contributed by atoms with van der Waals surface area (Å²) in [5.41, 5.74) is 0. The zero-order chi connectivity index (χ0) is 15.6. The second-order valence-corrected chi connectivity index (χ2v) is 5.96. The predicted octanol–water partition coefficient (Wildman–Crippen LogP) is 4.27. The molecule has 0 heterocycles. The largest absolute Gasteiger partial charge is 0.379 e. The van der Waals surface area contributed by atoms with Crippen molar-refractivity contribution in [2.24, 2.45) is 0 Å². The Morgan fingerprint density at radius 1 is 0.762 bits per heavy atom. The Hall–Kier alpha value is 0.230. The van der Waals surface area contributed by atoms with E-state index in [0.717, 1.165) is 18.8 Å². The zero-order valence-electron chi connectivity index (χ0n) is 13.2. The van der Waals surface area contributed by atoms with Crippen molar-refractivity contribution in [3.8, 4) is 0 Å². The molecule has 3 nitrogen and oxygen atoms in total. The van der Waals surface area contributed by atoms with E-state index < -0.39 is 0 Å². The Morgan fingerprint density at radius 3 is 1.86 bits per heavy atom. The summed E-state index contributed by atoms with van der Waals surface area (Å²) in [5, 5.41) is 0. The van der Waals surface area contributed by atoms with Crippen LogP contribution in [0.2, 0.25) is 0 Å². The molecule has 0 N–H and O–H groups in total. The molecule has 0 aliphatic heterocycles. The summed E-state index contributed by atoms with van der Waals surface area (Å²) in [4.78, 5) is 10.8. The first kappa shape index (κ1) is 21.2. The second-order valence-electron chi connectivity index (χ2n) is 5.24. The molecule has 0 radical (unpaired) electrons. The minimum atomic E-state index is -0.0812. The average molecular weight is 339 g/mol. The molecular formula is C16H31ClO3S. The highest BCUT2D eigenvalue weighted by molar-refractivity contribution is 7.80. The van der Waals surface area contributed by atoms with Gasteiger partial charge < -0.3 is 9.47 Å². The van der Waals surface area contributed by atoms with Crippen molar-refractivity contribution < 1.29 is 14.3 Å². The summed E-state index contributed by atoms with van der Waals surface area (Å²) < 4.78 is 10.6. The first-order valence-electron chi connectivity index (χ1n) is 8.15. The van der Waals surface area contributed by atoms with Crippen molar-refractivity contribution in [1.82, 2.24) is 0 Å². The van der Waals surface area contributed by atoms with Gasteiger partial charge in [0.1, 0.15) is 6.61 Å². The molecule has 5 heteroatoms. The lowest BCUT2D eigenvalue weighted by Gasteiger charge is -2.05. The number of rotatable bonds is 17. The van der Waals surface area contributed by atoms with Crippen molar-refractivity contribution in [2.75, 3.05) is 38.1 Å². The number of alkyl halides is 1. The Balaban J connectivity index is 2.98. The van der Waals surface area contributed by atoms with Crippen LogP contribution in [0.25, 0.3) is 0 Å². The molecule has 21 heavy (non-hydrogen) atoms. The number of hydrogen-bond donors (Lipinski definition) is 1. The Bertz CT molecular complexity index is 228. The Morgan fingerprint density at radius 2 is 1.29 bits per heavy atom. The number of thiol groups is 1. The van der Waals surface area contributed by atoms with Crippen molar-refractivity contribution >= 4 is 30.0 Å². The number of ether oxygens (including phenoxy) is 2. The van der Waals surface area contributed by atoms with Crippen LogP contribution in [0.1, 0.15) is 57.8 Å². The first-order valence-corrected chi connectivity index (χ1v) is 9.32. The van der Waals surface area contributed by atoms with Crippen LogP contribution < -0.4 is 0 Å². The molecule has 0 atom stereocenters. The number of unbranched alkanes of at least 4 members (excludes halogenated alkanes) is 8. The highest BCUT2D eigenvalue weighted by Crippen LogP contribution is 2.09. The maximum atomic E-state index is 10.8. The maximum Gasteiger partial charge on any atom is 0.173 e. The number of hydrogen-bond acceptors (Lipinski definition) is 4. The molecule has 0 aliphatic carbocycles. The molecule has 0 aromatic carbocycles. The van der Waals surface area contributed by atoms with Crippen molar-refractivity contribution in [2.45, 2.75) is 57.8 Å². The molecule has 0 amide bonds. The van der Waals surface area contributed by atoms with E-state index in [9.17, 15) is 4.79 Å². The van der Waals surface area contributed by atoms with Crippen LogP contribution >= 0.6 is 24.2 Å². The van der Waals surface area contributed by atoms with E-state index in [1.54, 1.807) is 0 Å². The van der Waals surface area contributed by atoms with Gasteiger partial charge in [0, 0.05) is 6.61 Å². The van der Waals surface area contributed by atoms with Gasteiger partial charge in [0.25, 0.3) is 0 Å². The van der Waals surface area contributed by atoms with Gasteiger partial charge in [0.2, 0.25) is 0 Å². The Kier molecular flexibility index (Phi) is 18.5. The fourth-order valence-corrected chi connectivity index (χ4v) is 2.30. The van der Waals surface area contributed by atoms with Crippen LogP contribution in [0.3, 0.4) is 0 Å². The first-order chi connectivity index (χ1) is 10.3. The standard InChI is InChI=1S/C16H31ClO3S/c17-14-16(18)15-20-12-11-19-10-8-6-4-2-1-3-5-7-9-13-21/h21H,1-15H2. The molecule has 0 aliphatic rings. The molecule has 0 saturated heterocycles. The van der Waals surface area contributed by atoms with Gasteiger partial charge in [-0.25, -0.2) is 0 Å². The van der Waals surface area contributed by atoms with Crippen molar-refractivity contribution in [1.29, 1.82) is 0 Å². The molecule has 126 valence electrons. The predicted molar refractivity (Wildman–Crippen MR) is 92.8 cm³/mol. The van der Waals surface area contributed by atoms with Crippen LogP contribution in [0, 0.1) is 0 Å². The number of ketones is 1. The molecule has 0 saturated carbocycles. The monoisotopic (exact) mass is 338 g/mol. The highest BCUT2D eigenvalue weighted by atomic mass is 35.5. The number of carbonyl (C=O) groups is 1. The zero-order valence-corrected chi connectivity index (χ0v) is 14.8. The summed E-state index contributed by atoms with van der Waals surface area (Å²) in [6.07, 6.45) is 11.7. The lowest BCUT2D eigenvalue weighted by molar-refractivity contribution is -0.121. The second kappa shape index (κ2) is 18.3. The minimum absolute atomic E-state index is 0.0239. The van der Waals surface area contributed by atoms with E-state index in [1.807, 2.05) is 0 Å². The maximum absolute atomic E-state index is 10.8. The third-order valence-electron chi connectivity index (χ3n) is 3.23. The fourth-order valence-electron chi connectivity index (χ4n) is 2.00. The van der Waals surface area contributed by atoms with Gasteiger partial charge in [0.15, 0.2) is 5.78 Å². The van der Waals surface area contributed by atoms with E-state index in [1.165, 1.54) is 51.4 Å². The number of Topliss-reactive ketones (excluding diaryl/α,β-unsaturated/α-hetero) is 1. The van der Waals surface area contributed by atoms with Crippen molar-refractivity contribution in [3.05, 3.63) is 0 Å². The lowest BCUT2D eigenvalue weighted by atomic mass is 10.1. The van der Waals surface area contributed by atoms with Gasteiger partial charge in [-0.1, -0.05) is 44.9 Å². The van der Waals surface area contributed by atoms with Gasteiger partial charge >= 0.3 is 0 Å². The van der Waals surface area contributed by atoms with E-state index in [-0.39, 0.29) is 18.3 Å². The van der Waals surface area contributed by atoms with Crippen LogP contribution in [0.5, 0.6) is 0 Å². The third kappa shape index (κ3) is 18.2. The molecule has 0 spiro atoms. The van der Waals surface area contributed by atoms with Crippen LogP contribution in [-0.2, 0) is 14.3 Å². The number of carbonyl (C=O) groups excluding carboxylic acids is 1.